The van der Waals surface area contributed by atoms with Gasteiger partial charge >= 0.3 is 0 Å². The number of piperazine rings is 1. The van der Waals surface area contributed by atoms with E-state index in [2.05, 4.69) is 84.5 Å². The van der Waals surface area contributed by atoms with Gasteiger partial charge in [-0.05, 0) is 98.2 Å². The van der Waals surface area contributed by atoms with Crippen LogP contribution in [0.4, 0.5) is 28.8 Å². The number of rotatable bonds is 10. The van der Waals surface area contributed by atoms with Crippen LogP contribution in [-0.2, 0) is 11.0 Å². The van der Waals surface area contributed by atoms with Gasteiger partial charge in [-0.25, -0.2) is 4.98 Å². The minimum Gasteiger partial charge on any atom is -0.495 e. The fraction of sp³-hybridized carbons (Fsp3) is 0.486. The van der Waals surface area contributed by atoms with E-state index in [0.717, 1.165) is 77.3 Å². The van der Waals surface area contributed by atoms with Crippen LogP contribution in [0.1, 0.15) is 49.8 Å². The van der Waals surface area contributed by atoms with Gasteiger partial charge in [-0.2, -0.15) is 4.98 Å². The quantitative estimate of drug-likeness (QED) is 0.162. The van der Waals surface area contributed by atoms with Crippen molar-refractivity contribution in [2.24, 2.45) is 0 Å². The number of hydrogen-bond donors (Lipinski definition) is 2. The lowest BCUT2D eigenvalue weighted by Crippen LogP contribution is -2.52. The first-order valence-electron chi connectivity index (χ1n) is 17.6. The number of halogens is 1. The number of pyridine rings is 1. The number of likely N-dealkylation sites (N-methyl/N-ethyl adjacent to an activating group) is 1. The van der Waals surface area contributed by atoms with E-state index >= 15 is 0 Å². The van der Waals surface area contributed by atoms with Gasteiger partial charge in [0.2, 0.25) is 5.95 Å². The number of aryl methyl sites for hydroxylation is 1. The van der Waals surface area contributed by atoms with Crippen LogP contribution in [0.3, 0.4) is 0 Å². The van der Waals surface area contributed by atoms with Crippen LogP contribution in [0.5, 0.6) is 5.75 Å². The van der Waals surface area contributed by atoms with Crippen molar-refractivity contribution in [1.29, 1.82) is 0 Å². The van der Waals surface area contributed by atoms with Crippen LogP contribution >= 0.6 is 23.1 Å². The Morgan fingerprint density at radius 1 is 0.939 bits per heavy atom. The molecule has 12 heteroatoms. The number of aromatic nitrogens is 3. The van der Waals surface area contributed by atoms with Gasteiger partial charge in [-0.15, -0.1) is 0 Å². The number of methoxy groups -OCH3 is 1. The summed E-state index contributed by atoms with van der Waals surface area (Å²) in [4.78, 5) is 22.0. The Hall–Kier alpha value is -3.24. The van der Waals surface area contributed by atoms with E-state index in [1.54, 1.807) is 13.3 Å². The van der Waals surface area contributed by atoms with Crippen LogP contribution in [0.25, 0.3) is 10.9 Å². The molecule has 0 atom stereocenters. The van der Waals surface area contributed by atoms with Crippen molar-refractivity contribution in [2.75, 3.05) is 82.3 Å². The number of fused-ring (bicyclic) bond motifs is 1. The number of piperidine rings is 1. The molecule has 4 aromatic rings. The lowest BCUT2D eigenvalue weighted by Gasteiger charge is -2.42. The summed E-state index contributed by atoms with van der Waals surface area (Å²) < 4.78 is 20.4. The van der Waals surface area contributed by atoms with Gasteiger partial charge in [0.1, 0.15) is 18.7 Å². The molecule has 0 amide bonds. The van der Waals surface area contributed by atoms with Gasteiger partial charge in [0.05, 0.1) is 28.5 Å². The largest absolute Gasteiger partial charge is 0.495 e. The molecule has 4 heterocycles. The number of anilines is 5. The van der Waals surface area contributed by atoms with E-state index in [-0.39, 0.29) is 0 Å². The van der Waals surface area contributed by atoms with Crippen molar-refractivity contribution in [3.63, 3.8) is 0 Å². The van der Waals surface area contributed by atoms with E-state index in [9.17, 15) is 4.57 Å². The number of nitrogens with zero attached hydrogens (tertiary/aromatic N) is 6. The molecule has 3 aliphatic rings. The van der Waals surface area contributed by atoms with Crippen LogP contribution in [0.2, 0.25) is 0 Å². The highest BCUT2D eigenvalue weighted by Gasteiger charge is 2.29. The fourth-order valence-corrected chi connectivity index (χ4v) is 9.11. The van der Waals surface area contributed by atoms with Crippen LogP contribution in [0.15, 0.2) is 47.1 Å². The van der Waals surface area contributed by atoms with E-state index in [4.69, 9.17) is 14.7 Å². The third-order valence-electron chi connectivity index (χ3n) is 10.3. The summed E-state index contributed by atoms with van der Waals surface area (Å²) in [7, 11) is 1.27. The number of hydrogen-bond acceptors (Lipinski definition) is 10. The van der Waals surface area contributed by atoms with Gasteiger partial charge in [0.25, 0.3) is 0 Å². The van der Waals surface area contributed by atoms with Crippen molar-refractivity contribution in [3.05, 3.63) is 58.3 Å². The van der Waals surface area contributed by atoms with E-state index in [0.29, 0.717) is 28.2 Å². The minimum absolute atomic E-state index is 0.456. The monoisotopic (exact) mass is 746 g/mol. The Morgan fingerprint density at radius 2 is 1.69 bits per heavy atom. The molecule has 7 rings (SSSR count). The Balaban J connectivity index is 1.11. The molecule has 2 aromatic carbocycles. The third kappa shape index (κ3) is 7.46. The van der Waals surface area contributed by atoms with Gasteiger partial charge in [0.15, 0.2) is 0 Å². The standard InChI is InChI=1S/C37H48BrN8O2P/c1-6-24-21-33(46-15-13-26(14-16-46)45-19-17-44(2)18-20-45)34(48-3)22-32(24)42-37-39-23-28(38)36(43-37)41-31-12-11-30-27(35(31)49(4,5)47)9-10-29(40-30)25-7-8-25/h9-12,21-23,25-26H,6-8,13-20H2,1-5H3,(H2,39,41,42,43). The van der Waals surface area contributed by atoms with Crippen LogP contribution in [-0.4, -0.2) is 97.5 Å². The maximum atomic E-state index is 13.7. The maximum Gasteiger partial charge on any atom is 0.229 e. The SMILES string of the molecule is CCc1cc(N2CCC(N3CCN(C)CC3)CC2)c(OC)cc1Nc1ncc(Br)c(Nc2ccc3nc(C4CC4)ccc3c2P(C)(C)=O)n1. The Bertz CT molecular complexity index is 1880. The molecular formula is C37H48BrN8O2P. The van der Waals surface area contributed by atoms with Crippen molar-refractivity contribution < 1.29 is 9.30 Å². The first-order valence-corrected chi connectivity index (χ1v) is 20.9. The molecule has 2 aliphatic heterocycles. The summed E-state index contributed by atoms with van der Waals surface area (Å²) in [5, 5.41) is 8.64. The molecular weight excluding hydrogens is 699 g/mol. The van der Waals surface area contributed by atoms with Crippen molar-refractivity contribution in [2.45, 2.75) is 51.0 Å². The number of nitrogens with one attached hydrogen (secondary N) is 2. The van der Waals surface area contributed by atoms with Crippen molar-refractivity contribution >= 4 is 68.1 Å². The molecule has 0 spiro atoms. The average Bonchev–Trinajstić information content (AvgIpc) is 3.95. The predicted octanol–water partition coefficient (Wildman–Crippen LogP) is 7.19. The van der Waals surface area contributed by atoms with Gasteiger partial charge in [-0.3, -0.25) is 9.88 Å². The van der Waals surface area contributed by atoms with Gasteiger partial charge in [-0.1, -0.05) is 13.0 Å². The Kier molecular flexibility index (Phi) is 9.90. The average molecular weight is 748 g/mol. The molecule has 2 saturated heterocycles. The molecule has 3 fully saturated rings. The summed E-state index contributed by atoms with van der Waals surface area (Å²) in [5.74, 6) is 2.43. The highest BCUT2D eigenvalue weighted by Crippen LogP contribution is 2.44. The predicted molar refractivity (Wildman–Crippen MR) is 206 cm³/mol. The summed E-state index contributed by atoms with van der Waals surface area (Å²) in [5.41, 5.74) is 5.99. The molecule has 2 aromatic heterocycles. The molecule has 10 nitrogen and oxygen atoms in total. The Labute approximate surface area is 298 Å². The normalized spacial score (nSPS) is 18.2. The lowest BCUT2D eigenvalue weighted by atomic mass is 10.0. The van der Waals surface area contributed by atoms with E-state index in [1.165, 1.54) is 44.3 Å². The van der Waals surface area contributed by atoms with Gasteiger partial charge in [0, 0.05) is 85.6 Å². The molecule has 0 unspecified atom stereocenters. The molecule has 0 radical (unpaired) electrons. The molecule has 0 bridgehead atoms. The lowest BCUT2D eigenvalue weighted by molar-refractivity contribution is 0.0981. The van der Waals surface area contributed by atoms with Crippen LogP contribution in [0, 0.1) is 0 Å². The topological polar surface area (TPSA) is 98.8 Å². The highest BCUT2D eigenvalue weighted by molar-refractivity contribution is 9.10. The fourth-order valence-electron chi connectivity index (χ4n) is 7.34. The number of benzene rings is 2. The molecule has 260 valence electrons. The molecule has 49 heavy (non-hydrogen) atoms. The molecule has 2 N–H and O–H groups in total. The zero-order valence-electron chi connectivity index (χ0n) is 29.3. The zero-order valence-corrected chi connectivity index (χ0v) is 31.8. The van der Waals surface area contributed by atoms with E-state index in [1.807, 2.05) is 25.5 Å². The maximum absolute atomic E-state index is 13.7. The van der Waals surface area contributed by atoms with Crippen LogP contribution < -0.4 is 25.6 Å². The summed E-state index contributed by atoms with van der Waals surface area (Å²) in [6.45, 7) is 12.5. The zero-order chi connectivity index (χ0) is 34.3. The Morgan fingerprint density at radius 3 is 2.37 bits per heavy atom. The second kappa shape index (κ2) is 14.2. The first kappa shape index (κ1) is 34.2. The number of ether oxygens (including phenoxy) is 1. The summed E-state index contributed by atoms with van der Waals surface area (Å²) in [6.07, 6.45) is 7.30. The summed E-state index contributed by atoms with van der Waals surface area (Å²) >= 11 is 3.64. The minimum atomic E-state index is -2.69. The second-order valence-corrected chi connectivity index (χ2v) is 18.1. The third-order valence-corrected chi connectivity index (χ3v) is 12.4. The highest BCUT2D eigenvalue weighted by atomic mass is 79.9. The van der Waals surface area contributed by atoms with Crippen molar-refractivity contribution in [1.82, 2.24) is 24.8 Å². The second-order valence-electron chi connectivity index (χ2n) is 14.1. The van der Waals surface area contributed by atoms with Gasteiger partial charge < -0.3 is 29.7 Å². The molecule has 1 aliphatic carbocycles. The summed E-state index contributed by atoms with van der Waals surface area (Å²) in [6, 6.07) is 13.1. The van der Waals surface area contributed by atoms with Crippen molar-refractivity contribution in [3.8, 4) is 5.75 Å². The first-order chi connectivity index (χ1) is 23.6. The molecule has 1 saturated carbocycles. The van der Waals surface area contributed by atoms with E-state index < -0.39 is 7.14 Å². The smallest absolute Gasteiger partial charge is 0.229 e.